The van der Waals surface area contributed by atoms with Gasteiger partial charge in [-0.25, -0.2) is 4.68 Å². The van der Waals surface area contributed by atoms with Crippen LogP contribution in [0.2, 0.25) is 0 Å². The van der Waals surface area contributed by atoms with Crippen LogP contribution in [0.5, 0.6) is 0 Å². The molecule has 18 heavy (non-hydrogen) atoms. The van der Waals surface area contributed by atoms with Crippen molar-refractivity contribution in [3.63, 3.8) is 0 Å². The number of fused-ring (bicyclic) bond motifs is 1. The summed E-state index contributed by atoms with van der Waals surface area (Å²) in [6.45, 7) is 4.68. The highest BCUT2D eigenvalue weighted by molar-refractivity contribution is 5.32. The predicted octanol–water partition coefficient (Wildman–Crippen LogP) is 3.17. The first-order valence-electron chi connectivity index (χ1n) is 6.68. The molecular formula is C15H19N3. The second kappa shape index (κ2) is 4.23. The third kappa shape index (κ3) is 1.94. The van der Waals surface area contributed by atoms with Gasteiger partial charge in [0.2, 0.25) is 0 Å². The Morgan fingerprint density at radius 2 is 2.11 bits per heavy atom. The van der Waals surface area contributed by atoms with Crippen molar-refractivity contribution in [3.05, 3.63) is 42.0 Å². The molecule has 3 heteroatoms. The van der Waals surface area contributed by atoms with E-state index in [1.54, 1.807) is 0 Å². The molecule has 0 spiro atoms. The van der Waals surface area contributed by atoms with Gasteiger partial charge in [0, 0.05) is 18.6 Å². The standard InChI is InChI=1S/C15H19N3/c1-3-15(2)7-4-14-12(10-15)11-18(17-14)13-5-8-16-9-6-13/h5-6,8-9,11H,3-4,7,10H2,1-2H3. The quantitative estimate of drug-likeness (QED) is 0.808. The van der Waals surface area contributed by atoms with Crippen molar-refractivity contribution in [3.8, 4) is 5.69 Å². The van der Waals surface area contributed by atoms with Crippen LogP contribution in [0.25, 0.3) is 5.69 Å². The minimum atomic E-state index is 0.457. The zero-order valence-corrected chi connectivity index (χ0v) is 11.1. The highest BCUT2D eigenvalue weighted by Crippen LogP contribution is 2.37. The summed E-state index contributed by atoms with van der Waals surface area (Å²) in [5.41, 5.74) is 4.25. The number of aryl methyl sites for hydroxylation is 1. The van der Waals surface area contributed by atoms with Crippen molar-refractivity contribution < 1.29 is 0 Å². The first kappa shape index (κ1) is 11.5. The number of hydrogen-bond donors (Lipinski definition) is 0. The zero-order chi connectivity index (χ0) is 12.6. The van der Waals surface area contributed by atoms with Gasteiger partial charge in [0.05, 0.1) is 11.4 Å². The molecule has 1 unspecified atom stereocenters. The van der Waals surface area contributed by atoms with Crippen LogP contribution in [0.15, 0.2) is 30.7 Å². The van der Waals surface area contributed by atoms with E-state index >= 15 is 0 Å². The van der Waals surface area contributed by atoms with E-state index in [4.69, 9.17) is 5.10 Å². The summed E-state index contributed by atoms with van der Waals surface area (Å²) in [5, 5.41) is 4.71. The van der Waals surface area contributed by atoms with E-state index in [1.165, 1.54) is 24.1 Å². The molecule has 0 bridgehead atoms. The summed E-state index contributed by atoms with van der Waals surface area (Å²) in [6, 6.07) is 3.99. The maximum atomic E-state index is 4.71. The lowest BCUT2D eigenvalue weighted by Gasteiger charge is -2.31. The highest BCUT2D eigenvalue weighted by atomic mass is 15.3. The normalized spacial score (nSPS) is 22.8. The van der Waals surface area contributed by atoms with Crippen LogP contribution < -0.4 is 0 Å². The Labute approximate surface area is 108 Å². The van der Waals surface area contributed by atoms with Crippen molar-refractivity contribution in [1.29, 1.82) is 0 Å². The molecule has 1 aliphatic rings. The molecule has 0 amide bonds. The molecule has 3 nitrogen and oxygen atoms in total. The summed E-state index contributed by atoms with van der Waals surface area (Å²) >= 11 is 0. The van der Waals surface area contributed by atoms with Crippen LogP contribution >= 0.6 is 0 Å². The Bertz CT molecular complexity index is 544. The fourth-order valence-electron chi connectivity index (χ4n) is 2.70. The third-order valence-electron chi connectivity index (χ3n) is 4.24. The fourth-order valence-corrected chi connectivity index (χ4v) is 2.70. The van der Waals surface area contributed by atoms with Crippen molar-refractivity contribution in [2.75, 3.05) is 0 Å². The molecule has 1 aliphatic carbocycles. The molecule has 0 N–H and O–H groups in total. The summed E-state index contributed by atoms with van der Waals surface area (Å²) in [4.78, 5) is 4.05. The van der Waals surface area contributed by atoms with E-state index in [0.29, 0.717) is 5.41 Å². The molecule has 0 saturated heterocycles. The molecule has 0 aromatic carbocycles. The van der Waals surface area contributed by atoms with E-state index < -0.39 is 0 Å². The summed E-state index contributed by atoms with van der Waals surface area (Å²) < 4.78 is 1.99. The lowest BCUT2D eigenvalue weighted by Crippen LogP contribution is -2.24. The van der Waals surface area contributed by atoms with Gasteiger partial charge in [-0.1, -0.05) is 20.3 Å². The lowest BCUT2D eigenvalue weighted by molar-refractivity contribution is 0.267. The lowest BCUT2D eigenvalue weighted by atomic mass is 9.73. The molecule has 1 atom stereocenters. The summed E-state index contributed by atoms with van der Waals surface area (Å²) in [6.07, 6.45) is 10.6. The van der Waals surface area contributed by atoms with Gasteiger partial charge < -0.3 is 0 Å². The third-order valence-corrected chi connectivity index (χ3v) is 4.24. The van der Waals surface area contributed by atoms with Crippen LogP contribution in [0.4, 0.5) is 0 Å². The predicted molar refractivity (Wildman–Crippen MR) is 71.8 cm³/mol. The monoisotopic (exact) mass is 241 g/mol. The Morgan fingerprint density at radius 1 is 1.33 bits per heavy atom. The topological polar surface area (TPSA) is 30.7 Å². The Balaban J connectivity index is 1.95. The molecule has 2 aromatic heterocycles. The van der Waals surface area contributed by atoms with Gasteiger partial charge in [-0.2, -0.15) is 5.10 Å². The van der Waals surface area contributed by atoms with E-state index in [-0.39, 0.29) is 0 Å². The number of nitrogens with zero attached hydrogens (tertiary/aromatic N) is 3. The Kier molecular flexibility index (Phi) is 2.69. The molecule has 2 aromatic rings. The largest absolute Gasteiger partial charge is 0.265 e. The van der Waals surface area contributed by atoms with Crippen LogP contribution in [0, 0.1) is 5.41 Å². The maximum absolute atomic E-state index is 4.71. The molecule has 0 saturated carbocycles. The number of aromatic nitrogens is 3. The van der Waals surface area contributed by atoms with Gasteiger partial charge in [-0.05, 0) is 42.4 Å². The second-order valence-electron chi connectivity index (χ2n) is 5.59. The minimum Gasteiger partial charge on any atom is -0.265 e. The number of rotatable bonds is 2. The van der Waals surface area contributed by atoms with Crippen LogP contribution in [-0.2, 0) is 12.8 Å². The average molecular weight is 241 g/mol. The first-order chi connectivity index (χ1) is 8.70. The van der Waals surface area contributed by atoms with Crippen molar-refractivity contribution in [2.45, 2.75) is 39.5 Å². The minimum absolute atomic E-state index is 0.457. The van der Waals surface area contributed by atoms with Crippen molar-refractivity contribution in [2.24, 2.45) is 5.41 Å². The van der Waals surface area contributed by atoms with E-state index in [2.05, 4.69) is 25.0 Å². The van der Waals surface area contributed by atoms with Gasteiger partial charge >= 0.3 is 0 Å². The van der Waals surface area contributed by atoms with Crippen molar-refractivity contribution in [1.82, 2.24) is 14.8 Å². The molecule has 2 heterocycles. The fraction of sp³-hybridized carbons (Fsp3) is 0.467. The summed E-state index contributed by atoms with van der Waals surface area (Å²) in [5.74, 6) is 0. The van der Waals surface area contributed by atoms with Gasteiger partial charge in [-0.15, -0.1) is 0 Å². The van der Waals surface area contributed by atoms with Gasteiger partial charge in [0.1, 0.15) is 0 Å². The molecule has 0 fully saturated rings. The zero-order valence-electron chi connectivity index (χ0n) is 11.1. The number of hydrogen-bond acceptors (Lipinski definition) is 2. The molecular weight excluding hydrogens is 222 g/mol. The SMILES string of the molecule is CCC1(C)CCc2nn(-c3ccncc3)cc2C1. The smallest absolute Gasteiger partial charge is 0.0676 e. The van der Waals surface area contributed by atoms with E-state index in [9.17, 15) is 0 Å². The second-order valence-corrected chi connectivity index (χ2v) is 5.59. The van der Waals surface area contributed by atoms with Crippen molar-refractivity contribution >= 4 is 0 Å². The molecule has 3 rings (SSSR count). The Morgan fingerprint density at radius 3 is 2.83 bits per heavy atom. The summed E-state index contributed by atoms with van der Waals surface area (Å²) in [7, 11) is 0. The van der Waals surface area contributed by atoms with Gasteiger partial charge in [0.25, 0.3) is 0 Å². The van der Waals surface area contributed by atoms with Gasteiger partial charge in [0.15, 0.2) is 0 Å². The van der Waals surface area contributed by atoms with Crippen LogP contribution in [-0.4, -0.2) is 14.8 Å². The van der Waals surface area contributed by atoms with E-state index in [1.807, 2.05) is 29.2 Å². The number of pyridine rings is 1. The molecule has 94 valence electrons. The van der Waals surface area contributed by atoms with E-state index in [0.717, 1.165) is 18.5 Å². The van der Waals surface area contributed by atoms with Crippen LogP contribution in [0.3, 0.4) is 0 Å². The van der Waals surface area contributed by atoms with Crippen LogP contribution in [0.1, 0.15) is 37.9 Å². The molecule has 0 radical (unpaired) electrons. The van der Waals surface area contributed by atoms with Gasteiger partial charge in [-0.3, -0.25) is 4.98 Å². The maximum Gasteiger partial charge on any atom is 0.0676 e. The molecule has 0 aliphatic heterocycles. The highest BCUT2D eigenvalue weighted by Gasteiger charge is 2.30. The Hall–Kier alpha value is -1.64. The first-order valence-corrected chi connectivity index (χ1v) is 6.68. The average Bonchev–Trinajstić information content (AvgIpc) is 2.82.